The van der Waals surface area contributed by atoms with Gasteiger partial charge in [-0.25, -0.2) is 17.6 Å². The Balaban J connectivity index is 1.47. The zero-order chi connectivity index (χ0) is 24.9. The molecule has 0 unspecified atom stereocenters. The highest BCUT2D eigenvalue weighted by atomic mass is 32.2. The molecule has 1 saturated heterocycles. The van der Waals surface area contributed by atoms with Crippen molar-refractivity contribution in [1.29, 1.82) is 0 Å². The van der Waals surface area contributed by atoms with Crippen molar-refractivity contribution >= 4 is 27.6 Å². The van der Waals surface area contributed by atoms with Gasteiger partial charge in [0.05, 0.1) is 24.3 Å². The summed E-state index contributed by atoms with van der Waals surface area (Å²) in [5.41, 5.74) is 1.29. The standard InChI is InChI=1S/C25H27FN2O6S/c1-14(29)28-8-7-15(12-28)9-16-10-18(26)3-6-22(16)35(31,32)27-21-5-4-19-20-11-17(20)13-34-24(19)23(21)25(30)33-2/h3-6,10,15,17,20,27H,7-9,11-13H2,1-2H3/t15-,17+,20+/m1/s1. The van der Waals surface area contributed by atoms with Crippen LogP contribution in [0.5, 0.6) is 5.75 Å². The van der Waals surface area contributed by atoms with Crippen LogP contribution >= 0.6 is 0 Å². The largest absolute Gasteiger partial charge is 0.492 e. The number of amides is 1. The van der Waals surface area contributed by atoms with E-state index in [1.807, 2.05) is 0 Å². The van der Waals surface area contributed by atoms with Crippen LogP contribution in [0.3, 0.4) is 0 Å². The molecular weight excluding hydrogens is 475 g/mol. The lowest BCUT2D eigenvalue weighted by molar-refractivity contribution is -0.127. The van der Waals surface area contributed by atoms with Crippen LogP contribution in [0.2, 0.25) is 0 Å². The number of likely N-dealkylation sites (tertiary alicyclic amines) is 1. The summed E-state index contributed by atoms with van der Waals surface area (Å²) >= 11 is 0. The van der Waals surface area contributed by atoms with Crippen molar-refractivity contribution < 1.29 is 31.9 Å². The molecule has 0 aromatic heterocycles. The first kappa shape index (κ1) is 23.6. The van der Waals surface area contributed by atoms with Crippen LogP contribution in [0.4, 0.5) is 10.1 Å². The van der Waals surface area contributed by atoms with Crippen LogP contribution in [0, 0.1) is 17.7 Å². The third-order valence-corrected chi connectivity index (χ3v) is 8.60. The Morgan fingerprint density at radius 3 is 2.77 bits per heavy atom. The number of hydrogen-bond donors (Lipinski definition) is 1. The van der Waals surface area contributed by atoms with Crippen molar-refractivity contribution in [1.82, 2.24) is 4.90 Å². The van der Waals surface area contributed by atoms with Crippen LogP contribution < -0.4 is 9.46 Å². The first-order chi connectivity index (χ1) is 16.7. The predicted octanol–water partition coefficient (Wildman–Crippen LogP) is 3.32. The zero-order valence-corrected chi connectivity index (χ0v) is 20.4. The maximum Gasteiger partial charge on any atom is 0.343 e. The average Bonchev–Trinajstić information content (AvgIpc) is 3.47. The first-order valence-electron chi connectivity index (χ1n) is 11.6. The van der Waals surface area contributed by atoms with Crippen molar-refractivity contribution in [2.75, 3.05) is 31.5 Å². The minimum absolute atomic E-state index is 0.0175. The van der Waals surface area contributed by atoms with Gasteiger partial charge >= 0.3 is 5.97 Å². The van der Waals surface area contributed by atoms with Crippen LogP contribution in [0.1, 0.15) is 47.2 Å². The molecule has 2 aromatic rings. The van der Waals surface area contributed by atoms with Gasteiger partial charge < -0.3 is 14.4 Å². The molecule has 2 aromatic carbocycles. The number of nitrogens with one attached hydrogen (secondary N) is 1. The number of carbonyl (C=O) groups excluding carboxylic acids is 2. The molecule has 1 aliphatic carbocycles. The second-order valence-corrected chi connectivity index (χ2v) is 11.1. The first-order valence-corrected chi connectivity index (χ1v) is 13.1. The summed E-state index contributed by atoms with van der Waals surface area (Å²) < 4.78 is 54.4. The SMILES string of the molecule is COC(=O)c1c(NS(=O)(=O)c2ccc(F)cc2C[C@H]2CCN(C(C)=O)C2)ccc2c1OC[C@@H]1C[C@H]21. The van der Waals surface area contributed by atoms with Crippen molar-refractivity contribution in [3.8, 4) is 5.75 Å². The maximum atomic E-state index is 14.1. The van der Waals surface area contributed by atoms with E-state index in [1.54, 1.807) is 17.0 Å². The lowest BCUT2D eigenvalue weighted by Crippen LogP contribution is -2.26. The van der Waals surface area contributed by atoms with Crippen molar-refractivity contribution in [3.05, 3.63) is 52.8 Å². The highest BCUT2D eigenvalue weighted by molar-refractivity contribution is 7.92. The van der Waals surface area contributed by atoms with Gasteiger partial charge in [0.2, 0.25) is 5.91 Å². The molecule has 0 radical (unpaired) electrons. The lowest BCUT2D eigenvalue weighted by Gasteiger charge is -2.22. The van der Waals surface area contributed by atoms with E-state index in [0.29, 0.717) is 55.7 Å². The highest BCUT2D eigenvalue weighted by Gasteiger charge is 2.45. The van der Waals surface area contributed by atoms with E-state index in [0.717, 1.165) is 18.1 Å². The minimum Gasteiger partial charge on any atom is -0.492 e. The molecule has 1 N–H and O–H groups in total. The van der Waals surface area contributed by atoms with E-state index in [1.165, 1.54) is 26.2 Å². The third-order valence-electron chi connectivity index (χ3n) is 7.14. The summed E-state index contributed by atoms with van der Waals surface area (Å²) in [7, 11) is -2.96. The fourth-order valence-electron chi connectivity index (χ4n) is 5.20. The quantitative estimate of drug-likeness (QED) is 0.608. The van der Waals surface area contributed by atoms with Gasteiger partial charge in [-0.3, -0.25) is 9.52 Å². The fourth-order valence-corrected chi connectivity index (χ4v) is 6.51. The monoisotopic (exact) mass is 502 g/mol. The number of nitrogens with zero attached hydrogens (tertiary/aromatic N) is 1. The molecule has 1 amide bonds. The Morgan fingerprint density at radius 1 is 1.26 bits per heavy atom. The maximum absolute atomic E-state index is 14.1. The Kier molecular flexibility index (Phi) is 5.94. The van der Waals surface area contributed by atoms with Gasteiger partial charge in [-0.2, -0.15) is 0 Å². The summed E-state index contributed by atoms with van der Waals surface area (Å²) in [6.07, 6.45) is 1.98. The second-order valence-electron chi connectivity index (χ2n) is 9.49. The Labute approximate surface area is 203 Å². The van der Waals surface area contributed by atoms with Gasteiger partial charge in [-0.05, 0) is 66.5 Å². The third kappa shape index (κ3) is 4.47. The second kappa shape index (κ2) is 8.82. The van der Waals surface area contributed by atoms with Crippen molar-refractivity contribution in [2.45, 2.75) is 37.0 Å². The Hall–Kier alpha value is -3.14. The molecular formula is C25H27FN2O6S. The van der Waals surface area contributed by atoms with Crippen molar-refractivity contribution in [2.24, 2.45) is 11.8 Å². The van der Waals surface area contributed by atoms with Crippen LogP contribution in [0.25, 0.3) is 0 Å². The topological polar surface area (TPSA) is 102 Å². The molecule has 8 nitrogen and oxygen atoms in total. The molecule has 3 atom stereocenters. The fraction of sp³-hybridized carbons (Fsp3) is 0.440. The molecule has 35 heavy (non-hydrogen) atoms. The minimum atomic E-state index is -4.19. The number of halogens is 1. The molecule has 2 heterocycles. The Morgan fingerprint density at radius 2 is 2.06 bits per heavy atom. The molecule has 3 aliphatic rings. The molecule has 0 spiro atoms. The summed E-state index contributed by atoms with van der Waals surface area (Å²) in [6.45, 7) is 3.05. The number of methoxy groups -OCH3 is 1. The van der Waals surface area contributed by atoms with Gasteiger partial charge in [0.15, 0.2) is 0 Å². The highest BCUT2D eigenvalue weighted by Crippen LogP contribution is 2.55. The molecule has 1 saturated carbocycles. The van der Waals surface area contributed by atoms with E-state index in [4.69, 9.17) is 9.47 Å². The number of carbonyl (C=O) groups is 2. The number of ether oxygens (including phenoxy) is 2. The predicted molar refractivity (Wildman–Crippen MR) is 125 cm³/mol. The Bertz CT molecular complexity index is 1310. The van der Waals surface area contributed by atoms with Crippen LogP contribution in [-0.2, 0) is 26.0 Å². The van der Waals surface area contributed by atoms with Gasteiger partial charge in [0.25, 0.3) is 10.0 Å². The summed E-state index contributed by atoms with van der Waals surface area (Å²) in [5, 5.41) is 0. The molecule has 2 aliphatic heterocycles. The van der Waals surface area contributed by atoms with E-state index in [-0.39, 0.29) is 28.0 Å². The molecule has 5 rings (SSSR count). The number of rotatable bonds is 6. The van der Waals surface area contributed by atoms with Gasteiger partial charge in [0, 0.05) is 25.9 Å². The lowest BCUT2D eigenvalue weighted by atomic mass is 9.98. The van der Waals surface area contributed by atoms with E-state index >= 15 is 0 Å². The van der Waals surface area contributed by atoms with Gasteiger partial charge in [0.1, 0.15) is 17.1 Å². The normalized spacial score (nSPS) is 22.6. The molecule has 2 fully saturated rings. The molecule has 10 heteroatoms. The number of benzene rings is 2. The average molecular weight is 503 g/mol. The summed E-state index contributed by atoms with van der Waals surface area (Å²) in [6, 6.07) is 6.88. The zero-order valence-electron chi connectivity index (χ0n) is 19.5. The van der Waals surface area contributed by atoms with Gasteiger partial charge in [-0.15, -0.1) is 0 Å². The molecule has 186 valence electrons. The van der Waals surface area contributed by atoms with Gasteiger partial charge in [-0.1, -0.05) is 6.07 Å². The van der Waals surface area contributed by atoms with Crippen molar-refractivity contribution in [3.63, 3.8) is 0 Å². The van der Waals surface area contributed by atoms with E-state index in [2.05, 4.69) is 4.72 Å². The number of hydrogen-bond acceptors (Lipinski definition) is 6. The number of fused-ring (bicyclic) bond motifs is 3. The van der Waals surface area contributed by atoms with Crippen LogP contribution in [-0.4, -0.2) is 52.0 Å². The number of sulfonamides is 1. The van der Waals surface area contributed by atoms with E-state index < -0.39 is 21.8 Å². The van der Waals surface area contributed by atoms with Crippen LogP contribution in [0.15, 0.2) is 35.2 Å². The number of esters is 1. The summed E-state index contributed by atoms with van der Waals surface area (Å²) in [5.74, 6) is -0.188. The number of anilines is 1. The van der Waals surface area contributed by atoms with E-state index in [9.17, 15) is 22.4 Å². The molecule has 0 bridgehead atoms. The smallest absolute Gasteiger partial charge is 0.343 e. The summed E-state index contributed by atoms with van der Waals surface area (Å²) in [4.78, 5) is 26.0.